The summed E-state index contributed by atoms with van der Waals surface area (Å²) in [5.41, 5.74) is 2.94. The number of rotatable bonds is 8. The van der Waals surface area contributed by atoms with Crippen LogP contribution in [-0.2, 0) is 11.4 Å². The van der Waals surface area contributed by atoms with E-state index in [1.807, 2.05) is 50.2 Å². The van der Waals surface area contributed by atoms with Crippen LogP contribution in [-0.4, -0.2) is 12.5 Å². The Bertz CT molecular complexity index is 1270. The molecular weight excluding hydrogens is 586 g/mol. The fraction of sp³-hybridized carbons (Fsp3) is 0.154. The number of amides is 1. The summed E-state index contributed by atoms with van der Waals surface area (Å²) < 4.78 is 12.6. The summed E-state index contributed by atoms with van der Waals surface area (Å²) in [5, 5.41) is 13.5. The molecule has 1 amide bonds. The highest BCUT2D eigenvalue weighted by Crippen LogP contribution is 2.35. The van der Waals surface area contributed by atoms with Crippen LogP contribution in [0.5, 0.6) is 11.5 Å². The second-order valence-electron chi connectivity index (χ2n) is 7.26. The zero-order valence-corrected chi connectivity index (χ0v) is 22.2. The van der Waals surface area contributed by atoms with Crippen LogP contribution in [0, 0.1) is 21.8 Å². The van der Waals surface area contributed by atoms with E-state index >= 15 is 0 Å². The van der Waals surface area contributed by atoms with Crippen LogP contribution in [0.15, 0.2) is 60.2 Å². The first-order valence-corrected chi connectivity index (χ1v) is 12.2. The van der Waals surface area contributed by atoms with E-state index in [9.17, 15) is 10.1 Å². The topological polar surface area (TPSA) is 71.3 Å². The number of halogens is 3. The smallest absolute Gasteiger partial charge is 0.266 e. The molecule has 0 unspecified atom stereocenters. The van der Waals surface area contributed by atoms with E-state index in [0.717, 1.165) is 14.7 Å². The molecule has 0 atom stereocenters. The highest BCUT2D eigenvalue weighted by atomic mass is 127. The van der Waals surface area contributed by atoms with E-state index in [4.69, 9.17) is 32.7 Å². The highest BCUT2D eigenvalue weighted by molar-refractivity contribution is 14.1. The van der Waals surface area contributed by atoms with Gasteiger partial charge >= 0.3 is 0 Å². The Labute approximate surface area is 222 Å². The van der Waals surface area contributed by atoms with E-state index in [0.29, 0.717) is 46.0 Å². The third-order valence-corrected chi connectivity index (χ3v) is 6.04. The summed E-state index contributed by atoms with van der Waals surface area (Å²) >= 11 is 14.1. The minimum absolute atomic E-state index is 0.0487. The number of anilines is 1. The maximum atomic E-state index is 12.7. The molecule has 5 nitrogen and oxygen atoms in total. The van der Waals surface area contributed by atoms with Gasteiger partial charge in [0, 0.05) is 15.7 Å². The van der Waals surface area contributed by atoms with Crippen LogP contribution in [0.1, 0.15) is 23.6 Å². The Balaban J connectivity index is 1.85. The van der Waals surface area contributed by atoms with E-state index < -0.39 is 5.91 Å². The van der Waals surface area contributed by atoms with Gasteiger partial charge in [-0.1, -0.05) is 41.4 Å². The Morgan fingerprint density at radius 2 is 1.79 bits per heavy atom. The summed E-state index contributed by atoms with van der Waals surface area (Å²) in [5.74, 6) is 0.592. The molecule has 0 aliphatic heterocycles. The largest absolute Gasteiger partial charge is 0.490 e. The first kappa shape index (κ1) is 25.9. The van der Waals surface area contributed by atoms with Crippen molar-refractivity contribution in [2.75, 3.05) is 11.9 Å². The number of nitriles is 1. The number of carbonyl (C=O) groups is 1. The molecule has 174 valence electrons. The van der Waals surface area contributed by atoms with Crippen molar-refractivity contribution < 1.29 is 14.3 Å². The van der Waals surface area contributed by atoms with Crippen LogP contribution in [0.4, 0.5) is 5.69 Å². The molecule has 0 fully saturated rings. The van der Waals surface area contributed by atoms with Gasteiger partial charge in [0.25, 0.3) is 5.91 Å². The standard InChI is InChI=1S/C26H21Cl2IN2O3/c1-3-33-24-12-18(11-22(29)25(24)34-15-17-5-8-20(27)9-6-17)10-19(14-30)26(32)31-23-13-21(28)7-4-16(23)2/h4-13H,3,15H2,1-2H3,(H,31,32)/b19-10+. The van der Waals surface area contributed by atoms with Gasteiger partial charge in [0.2, 0.25) is 0 Å². The average Bonchev–Trinajstić information content (AvgIpc) is 2.80. The summed E-state index contributed by atoms with van der Waals surface area (Å²) in [6.45, 7) is 4.49. The van der Waals surface area contributed by atoms with Crippen LogP contribution < -0.4 is 14.8 Å². The van der Waals surface area contributed by atoms with Gasteiger partial charge in [-0.15, -0.1) is 0 Å². The van der Waals surface area contributed by atoms with Gasteiger partial charge in [-0.3, -0.25) is 4.79 Å². The Morgan fingerprint density at radius 3 is 2.47 bits per heavy atom. The highest BCUT2D eigenvalue weighted by Gasteiger charge is 2.15. The third kappa shape index (κ3) is 6.89. The van der Waals surface area contributed by atoms with Crippen LogP contribution in [0.25, 0.3) is 6.08 Å². The Kier molecular flexibility index (Phi) is 9.22. The number of nitrogens with one attached hydrogen (secondary N) is 1. The predicted molar refractivity (Wildman–Crippen MR) is 145 cm³/mol. The molecule has 0 aromatic heterocycles. The number of aryl methyl sites for hydroxylation is 1. The van der Waals surface area contributed by atoms with Crippen LogP contribution in [0.3, 0.4) is 0 Å². The van der Waals surface area contributed by atoms with Crippen molar-refractivity contribution in [2.45, 2.75) is 20.5 Å². The van der Waals surface area contributed by atoms with Gasteiger partial charge in [0.15, 0.2) is 11.5 Å². The van der Waals surface area contributed by atoms with Crippen LogP contribution in [0.2, 0.25) is 10.0 Å². The Hall–Kier alpha value is -2.73. The lowest BCUT2D eigenvalue weighted by atomic mass is 10.1. The molecule has 8 heteroatoms. The first-order valence-electron chi connectivity index (χ1n) is 10.3. The fourth-order valence-electron chi connectivity index (χ4n) is 3.04. The molecule has 0 saturated carbocycles. The van der Waals surface area contributed by atoms with Crippen molar-refractivity contribution in [1.82, 2.24) is 0 Å². The fourth-order valence-corrected chi connectivity index (χ4v) is 4.12. The Morgan fingerprint density at radius 1 is 1.09 bits per heavy atom. The zero-order chi connectivity index (χ0) is 24.7. The number of carbonyl (C=O) groups excluding carboxylic acids is 1. The quantitative estimate of drug-likeness (QED) is 0.164. The van der Waals surface area contributed by atoms with Crippen molar-refractivity contribution in [1.29, 1.82) is 5.26 Å². The normalized spacial score (nSPS) is 11.0. The lowest BCUT2D eigenvalue weighted by Gasteiger charge is -2.15. The van der Waals surface area contributed by atoms with Crippen molar-refractivity contribution >= 4 is 63.5 Å². The summed E-state index contributed by atoms with van der Waals surface area (Å²) in [6.07, 6.45) is 1.52. The molecule has 0 heterocycles. The van der Waals surface area contributed by atoms with Crippen molar-refractivity contribution in [3.05, 3.63) is 90.5 Å². The molecule has 0 spiro atoms. The average molecular weight is 607 g/mol. The van der Waals surface area contributed by atoms with Crippen molar-refractivity contribution in [2.24, 2.45) is 0 Å². The van der Waals surface area contributed by atoms with Gasteiger partial charge in [0.05, 0.1) is 10.2 Å². The van der Waals surface area contributed by atoms with E-state index in [-0.39, 0.29) is 5.57 Å². The van der Waals surface area contributed by atoms with Gasteiger partial charge in [-0.25, -0.2) is 0 Å². The lowest BCUT2D eigenvalue weighted by Crippen LogP contribution is -2.14. The molecule has 0 aliphatic rings. The van der Waals surface area contributed by atoms with Gasteiger partial charge in [-0.05, 0) is 95.6 Å². The second-order valence-corrected chi connectivity index (χ2v) is 9.30. The van der Waals surface area contributed by atoms with Crippen molar-refractivity contribution in [3.8, 4) is 17.6 Å². The van der Waals surface area contributed by atoms with Crippen LogP contribution >= 0.6 is 45.8 Å². The molecule has 1 N–H and O–H groups in total. The number of benzene rings is 3. The molecule has 3 rings (SSSR count). The molecular formula is C26H21Cl2IN2O3. The number of hydrogen-bond acceptors (Lipinski definition) is 4. The van der Waals surface area contributed by atoms with Gasteiger partial charge < -0.3 is 14.8 Å². The minimum atomic E-state index is -0.524. The second kappa shape index (κ2) is 12.1. The molecule has 0 radical (unpaired) electrons. The molecule has 0 bridgehead atoms. The lowest BCUT2D eigenvalue weighted by molar-refractivity contribution is -0.112. The van der Waals surface area contributed by atoms with Gasteiger partial charge in [0.1, 0.15) is 18.2 Å². The van der Waals surface area contributed by atoms with E-state index in [1.54, 1.807) is 24.3 Å². The number of ether oxygens (including phenoxy) is 2. The maximum absolute atomic E-state index is 12.7. The number of nitrogens with zero attached hydrogens (tertiary/aromatic N) is 1. The van der Waals surface area contributed by atoms with E-state index in [1.165, 1.54) is 6.08 Å². The SMILES string of the molecule is CCOc1cc(/C=C(\C#N)C(=O)Nc2cc(Cl)ccc2C)cc(I)c1OCc1ccc(Cl)cc1. The van der Waals surface area contributed by atoms with E-state index in [2.05, 4.69) is 27.9 Å². The minimum Gasteiger partial charge on any atom is -0.490 e. The monoisotopic (exact) mass is 606 g/mol. The first-order chi connectivity index (χ1) is 16.3. The molecule has 0 aliphatic carbocycles. The zero-order valence-electron chi connectivity index (χ0n) is 18.5. The maximum Gasteiger partial charge on any atom is 0.266 e. The predicted octanol–water partition coefficient (Wildman–Crippen LogP) is 7.43. The van der Waals surface area contributed by atoms with Crippen molar-refractivity contribution in [3.63, 3.8) is 0 Å². The molecule has 34 heavy (non-hydrogen) atoms. The number of hydrogen-bond donors (Lipinski definition) is 1. The third-order valence-electron chi connectivity index (χ3n) is 4.75. The summed E-state index contributed by atoms with van der Waals surface area (Å²) in [6, 6.07) is 18.1. The summed E-state index contributed by atoms with van der Waals surface area (Å²) in [4.78, 5) is 12.7. The molecule has 3 aromatic carbocycles. The molecule has 3 aromatic rings. The molecule has 0 saturated heterocycles. The van der Waals surface area contributed by atoms with Gasteiger partial charge in [-0.2, -0.15) is 5.26 Å². The summed E-state index contributed by atoms with van der Waals surface area (Å²) in [7, 11) is 0.